The fourth-order valence-electron chi connectivity index (χ4n) is 1.22. The maximum atomic E-state index is 10.9. The molecule has 0 aliphatic rings. The molecule has 0 N–H and O–H groups in total. The van der Waals surface area contributed by atoms with Gasteiger partial charge in [0.2, 0.25) is 0 Å². The summed E-state index contributed by atoms with van der Waals surface area (Å²) in [6, 6.07) is 0. The monoisotopic (exact) mass is 170 g/mol. The summed E-state index contributed by atoms with van der Waals surface area (Å²) in [5, 5.41) is 0. The molecule has 2 heteroatoms. The van der Waals surface area contributed by atoms with Crippen molar-refractivity contribution in [2.24, 2.45) is 11.8 Å². The van der Waals surface area contributed by atoms with Crippen LogP contribution in [0.4, 0.5) is 0 Å². The summed E-state index contributed by atoms with van der Waals surface area (Å²) >= 11 is 0. The Hall–Kier alpha value is -0.790. The second-order valence-corrected chi connectivity index (χ2v) is 3.59. The number of carbonyl (C=O) groups excluding carboxylic acids is 1. The van der Waals surface area contributed by atoms with Crippen LogP contribution in [0.2, 0.25) is 0 Å². The minimum Gasteiger partial charge on any atom is -0.459 e. The standard InChI is InChI=1S/C10H18O2/c1-6-9(11)12-10(7(2)3)8(4)5/h6-8,10H,1H2,2-5H3. The van der Waals surface area contributed by atoms with Crippen molar-refractivity contribution in [3.63, 3.8) is 0 Å². The van der Waals surface area contributed by atoms with Gasteiger partial charge in [0.25, 0.3) is 0 Å². The molecule has 0 fully saturated rings. The molecule has 0 aromatic rings. The summed E-state index contributed by atoms with van der Waals surface area (Å²) in [7, 11) is 0. The van der Waals surface area contributed by atoms with Gasteiger partial charge >= 0.3 is 5.97 Å². The van der Waals surface area contributed by atoms with Crippen molar-refractivity contribution in [3.8, 4) is 0 Å². The molecule has 0 aliphatic carbocycles. The molecule has 0 atom stereocenters. The number of hydrogen-bond acceptors (Lipinski definition) is 2. The normalized spacial score (nSPS) is 10.9. The minimum absolute atomic E-state index is 0.00417. The van der Waals surface area contributed by atoms with Crippen molar-refractivity contribution in [1.82, 2.24) is 0 Å². The summed E-state index contributed by atoms with van der Waals surface area (Å²) < 4.78 is 5.17. The van der Waals surface area contributed by atoms with E-state index in [4.69, 9.17) is 4.74 Å². The van der Waals surface area contributed by atoms with Crippen LogP contribution in [-0.4, -0.2) is 12.1 Å². The summed E-state index contributed by atoms with van der Waals surface area (Å²) in [5.74, 6) is 0.380. The van der Waals surface area contributed by atoms with Crippen molar-refractivity contribution < 1.29 is 9.53 Å². The highest BCUT2D eigenvalue weighted by Gasteiger charge is 2.20. The highest BCUT2D eigenvalue weighted by atomic mass is 16.5. The zero-order valence-corrected chi connectivity index (χ0v) is 8.33. The predicted octanol–water partition coefficient (Wildman–Crippen LogP) is 2.40. The molecule has 0 spiro atoms. The molecule has 0 heterocycles. The van der Waals surface area contributed by atoms with Crippen molar-refractivity contribution in [2.45, 2.75) is 33.8 Å². The molecule has 70 valence electrons. The van der Waals surface area contributed by atoms with Crippen molar-refractivity contribution in [2.75, 3.05) is 0 Å². The van der Waals surface area contributed by atoms with Crippen molar-refractivity contribution in [3.05, 3.63) is 12.7 Å². The molecule has 0 bridgehead atoms. The van der Waals surface area contributed by atoms with Gasteiger partial charge in [-0.25, -0.2) is 4.79 Å². The Morgan fingerprint density at radius 1 is 1.25 bits per heavy atom. The molecule has 0 saturated carbocycles. The Morgan fingerprint density at radius 3 is 1.92 bits per heavy atom. The lowest BCUT2D eigenvalue weighted by atomic mass is 9.96. The number of rotatable bonds is 4. The Morgan fingerprint density at radius 2 is 1.67 bits per heavy atom. The third-order valence-electron chi connectivity index (χ3n) is 1.73. The molecule has 0 unspecified atom stereocenters. The van der Waals surface area contributed by atoms with Gasteiger partial charge in [0, 0.05) is 6.08 Å². The number of hydrogen-bond donors (Lipinski definition) is 0. The Balaban J connectivity index is 4.13. The minimum atomic E-state index is -0.331. The quantitative estimate of drug-likeness (QED) is 0.478. The molecule has 0 amide bonds. The number of ether oxygens (including phenoxy) is 1. The van der Waals surface area contributed by atoms with E-state index in [-0.39, 0.29) is 12.1 Å². The summed E-state index contributed by atoms with van der Waals surface area (Å²) in [4.78, 5) is 10.9. The van der Waals surface area contributed by atoms with Gasteiger partial charge in [0.05, 0.1) is 0 Å². The predicted molar refractivity (Wildman–Crippen MR) is 49.8 cm³/mol. The van der Waals surface area contributed by atoms with Gasteiger partial charge in [-0.15, -0.1) is 0 Å². The van der Waals surface area contributed by atoms with Gasteiger partial charge in [0.1, 0.15) is 6.10 Å². The molecule has 12 heavy (non-hydrogen) atoms. The van der Waals surface area contributed by atoms with Crippen LogP contribution in [0, 0.1) is 11.8 Å². The van der Waals surface area contributed by atoms with Gasteiger partial charge in [-0.05, 0) is 11.8 Å². The van der Waals surface area contributed by atoms with E-state index in [0.717, 1.165) is 0 Å². The molecule has 0 aromatic heterocycles. The Bertz CT molecular complexity index is 151. The van der Waals surface area contributed by atoms with Gasteiger partial charge < -0.3 is 4.74 Å². The van der Waals surface area contributed by atoms with E-state index in [0.29, 0.717) is 11.8 Å². The SMILES string of the molecule is C=CC(=O)OC(C(C)C)C(C)C. The van der Waals surface area contributed by atoms with Gasteiger partial charge in [-0.3, -0.25) is 0 Å². The van der Waals surface area contributed by atoms with Crippen LogP contribution in [0.25, 0.3) is 0 Å². The first-order chi connectivity index (χ1) is 5.49. The first-order valence-electron chi connectivity index (χ1n) is 4.32. The van der Waals surface area contributed by atoms with Crippen LogP contribution in [0.3, 0.4) is 0 Å². The second-order valence-electron chi connectivity index (χ2n) is 3.59. The molecule has 0 radical (unpaired) electrons. The molecular weight excluding hydrogens is 152 g/mol. The zero-order valence-electron chi connectivity index (χ0n) is 8.33. The third-order valence-corrected chi connectivity index (χ3v) is 1.73. The third kappa shape index (κ3) is 3.56. The average molecular weight is 170 g/mol. The van der Waals surface area contributed by atoms with Crippen LogP contribution in [0.15, 0.2) is 12.7 Å². The highest BCUT2D eigenvalue weighted by Crippen LogP contribution is 2.16. The largest absolute Gasteiger partial charge is 0.459 e. The number of carbonyl (C=O) groups is 1. The maximum Gasteiger partial charge on any atom is 0.330 e. The van der Waals surface area contributed by atoms with Gasteiger partial charge in [-0.2, -0.15) is 0 Å². The van der Waals surface area contributed by atoms with Crippen molar-refractivity contribution in [1.29, 1.82) is 0 Å². The van der Waals surface area contributed by atoms with Gasteiger partial charge in [-0.1, -0.05) is 34.3 Å². The van der Waals surface area contributed by atoms with E-state index in [1.165, 1.54) is 6.08 Å². The van der Waals surface area contributed by atoms with E-state index in [1.54, 1.807) is 0 Å². The number of esters is 1. The molecule has 0 aliphatic heterocycles. The Kier molecular flexibility index (Phi) is 4.64. The lowest BCUT2D eigenvalue weighted by molar-refractivity contribution is -0.147. The molecule has 0 aromatic carbocycles. The summed E-state index contributed by atoms with van der Waals surface area (Å²) in [6.07, 6.45) is 1.20. The van der Waals surface area contributed by atoms with E-state index in [2.05, 4.69) is 6.58 Å². The Labute approximate surface area is 74.6 Å². The maximum absolute atomic E-state index is 10.9. The van der Waals surface area contributed by atoms with Crippen LogP contribution in [0.1, 0.15) is 27.7 Å². The molecule has 2 nitrogen and oxygen atoms in total. The van der Waals surface area contributed by atoms with Crippen LogP contribution < -0.4 is 0 Å². The highest BCUT2D eigenvalue weighted by molar-refractivity contribution is 5.81. The molecule has 0 rings (SSSR count). The lowest BCUT2D eigenvalue weighted by Crippen LogP contribution is -2.27. The molecular formula is C10H18O2. The first kappa shape index (κ1) is 11.2. The summed E-state index contributed by atoms with van der Waals surface area (Å²) in [5.41, 5.74) is 0. The first-order valence-corrected chi connectivity index (χ1v) is 4.32. The lowest BCUT2D eigenvalue weighted by Gasteiger charge is -2.24. The van der Waals surface area contributed by atoms with Crippen LogP contribution in [0.5, 0.6) is 0 Å². The second kappa shape index (κ2) is 4.96. The van der Waals surface area contributed by atoms with Gasteiger partial charge in [0.15, 0.2) is 0 Å². The topological polar surface area (TPSA) is 26.3 Å². The zero-order chi connectivity index (χ0) is 9.72. The van der Waals surface area contributed by atoms with Crippen molar-refractivity contribution >= 4 is 5.97 Å². The molecule has 0 saturated heterocycles. The summed E-state index contributed by atoms with van der Waals surface area (Å²) in [6.45, 7) is 11.5. The smallest absolute Gasteiger partial charge is 0.330 e. The van der Waals surface area contributed by atoms with Crippen LogP contribution >= 0.6 is 0 Å². The fourth-order valence-corrected chi connectivity index (χ4v) is 1.22. The fraction of sp³-hybridized carbons (Fsp3) is 0.700. The average Bonchev–Trinajstić information content (AvgIpc) is 1.98. The van der Waals surface area contributed by atoms with E-state index in [9.17, 15) is 4.79 Å². The van der Waals surface area contributed by atoms with E-state index >= 15 is 0 Å². The van der Waals surface area contributed by atoms with E-state index in [1.807, 2.05) is 27.7 Å². The van der Waals surface area contributed by atoms with Crippen LogP contribution in [-0.2, 0) is 9.53 Å². The van der Waals surface area contributed by atoms with E-state index < -0.39 is 0 Å².